The van der Waals surface area contributed by atoms with Crippen LogP contribution in [0.2, 0.25) is 0 Å². The Labute approximate surface area is 205 Å². The molecule has 1 aliphatic heterocycles. The van der Waals surface area contributed by atoms with Gasteiger partial charge in [-0.25, -0.2) is 8.42 Å². The Balaban J connectivity index is 1.44. The molecule has 180 valence electrons. The van der Waals surface area contributed by atoms with Crippen LogP contribution in [0, 0.1) is 18.8 Å². The predicted octanol–water partition coefficient (Wildman–Crippen LogP) is 5.19. The zero-order valence-corrected chi connectivity index (χ0v) is 21.2. The van der Waals surface area contributed by atoms with Crippen LogP contribution in [0.5, 0.6) is 0 Å². The summed E-state index contributed by atoms with van der Waals surface area (Å²) in [6, 6.07) is 15.6. The number of carbonyl (C=O) groups is 1. The van der Waals surface area contributed by atoms with E-state index in [2.05, 4.69) is 24.3 Å². The molecule has 2 aromatic carbocycles. The monoisotopic (exact) mass is 499 g/mol. The van der Waals surface area contributed by atoms with Crippen molar-refractivity contribution < 1.29 is 17.7 Å². The maximum absolute atomic E-state index is 13.1. The maximum atomic E-state index is 13.1. The minimum Gasteiger partial charge on any atom is -0.361 e. The highest BCUT2D eigenvalue weighted by atomic mass is 32.2. The number of rotatable bonds is 7. The summed E-state index contributed by atoms with van der Waals surface area (Å²) in [6.07, 6.45) is 1.04. The van der Waals surface area contributed by atoms with Crippen molar-refractivity contribution in [1.82, 2.24) is 9.46 Å². The van der Waals surface area contributed by atoms with Gasteiger partial charge in [-0.2, -0.15) is 4.31 Å². The SMILES string of the molecule is Cc1cc(CSc2ccccc2C(=O)Nc2ccc(S(=O)(=O)N3C[C@@H](C)C[C@H](C)C3)cc2)no1. The van der Waals surface area contributed by atoms with Crippen molar-refractivity contribution in [3.8, 4) is 0 Å². The van der Waals surface area contributed by atoms with Crippen LogP contribution >= 0.6 is 11.8 Å². The average molecular weight is 500 g/mol. The molecule has 0 unspecified atom stereocenters. The average Bonchev–Trinajstić information content (AvgIpc) is 3.22. The molecule has 0 radical (unpaired) electrons. The van der Waals surface area contributed by atoms with Gasteiger partial charge in [-0.1, -0.05) is 31.1 Å². The molecule has 3 aromatic rings. The van der Waals surface area contributed by atoms with E-state index in [1.807, 2.05) is 31.2 Å². The first-order valence-corrected chi connectivity index (χ1v) is 13.7. The normalized spacial score (nSPS) is 19.1. The van der Waals surface area contributed by atoms with E-state index in [4.69, 9.17) is 4.52 Å². The van der Waals surface area contributed by atoms with Gasteiger partial charge in [0, 0.05) is 35.5 Å². The Morgan fingerprint density at radius 3 is 2.44 bits per heavy atom. The van der Waals surface area contributed by atoms with Crippen molar-refractivity contribution in [1.29, 1.82) is 0 Å². The highest BCUT2D eigenvalue weighted by Crippen LogP contribution is 2.29. The van der Waals surface area contributed by atoms with Gasteiger partial charge in [0.15, 0.2) is 0 Å². The Hall–Kier alpha value is -2.62. The van der Waals surface area contributed by atoms with Gasteiger partial charge in [0.05, 0.1) is 16.2 Å². The largest absolute Gasteiger partial charge is 0.361 e. The molecule has 0 bridgehead atoms. The first-order chi connectivity index (χ1) is 16.2. The summed E-state index contributed by atoms with van der Waals surface area (Å²) >= 11 is 1.51. The van der Waals surface area contributed by atoms with E-state index in [1.165, 1.54) is 11.8 Å². The summed E-state index contributed by atoms with van der Waals surface area (Å²) in [4.78, 5) is 14.0. The molecule has 9 heteroatoms. The lowest BCUT2D eigenvalue weighted by Gasteiger charge is -2.34. The quantitative estimate of drug-likeness (QED) is 0.450. The molecular weight excluding hydrogens is 470 g/mol. The van der Waals surface area contributed by atoms with Crippen LogP contribution in [0.3, 0.4) is 0 Å². The standard InChI is InChI=1S/C25H29N3O4S2/c1-17-12-18(2)15-28(14-17)34(30,31)22-10-8-20(9-11-22)26-25(29)23-6-4-5-7-24(23)33-16-21-13-19(3)32-27-21/h4-11,13,17-18H,12,14-16H2,1-3H3,(H,26,29)/t17-,18-/m0/s1. The number of aromatic nitrogens is 1. The molecule has 1 amide bonds. The molecule has 2 atom stereocenters. The number of nitrogens with zero attached hydrogens (tertiary/aromatic N) is 2. The Morgan fingerprint density at radius 2 is 1.79 bits per heavy atom. The van der Waals surface area contributed by atoms with Crippen molar-refractivity contribution in [2.24, 2.45) is 11.8 Å². The number of anilines is 1. The third-order valence-electron chi connectivity index (χ3n) is 5.77. The van der Waals surface area contributed by atoms with Crippen LogP contribution in [-0.2, 0) is 15.8 Å². The van der Waals surface area contributed by atoms with Crippen molar-refractivity contribution >= 4 is 33.4 Å². The lowest BCUT2D eigenvalue weighted by Crippen LogP contribution is -2.42. The van der Waals surface area contributed by atoms with Crippen LogP contribution in [0.1, 0.15) is 42.1 Å². The minimum atomic E-state index is -3.56. The van der Waals surface area contributed by atoms with Crippen LogP contribution in [0.15, 0.2) is 68.9 Å². The molecule has 1 aromatic heterocycles. The first kappa shape index (κ1) is 24.5. The number of piperidine rings is 1. The molecule has 0 saturated carbocycles. The van der Waals surface area contributed by atoms with Gasteiger partial charge in [0.1, 0.15) is 5.76 Å². The van der Waals surface area contributed by atoms with Crippen LogP contribution in [0.25, 0.3) is 0 Å². The van der Waals surface area contributed by atoms with Gasteiger partial charge >= 0.3 is 0 Å². The van der Waals surface area contributed by atoms with E-state index in [0.29, 0.717) is 41.9 Å². The number of amides is 1. The second-order valence-corrected chi connectivity index (χ2v) is 11.9. The second-order valence-electron chi connectivity index (χ2n) is 8.96. The summed E-state index contributed by atoms with van der Waals surface area (Å²) in [7, 11) is -3.56. The number of aryl methyl sites for hydroxylation is 1. The molecule has 7 nitrogen and oxygen atoms in total. The third kappa shape index (κ3) is 5.71. The summed E-state index contributed by atoms with van der Waals surface area (Å²) in [6.45, 7) is 7.08. The Kier molecular flexibility index (Phi) is 7.45. The Morgan fingerprint density at radius 1 is 1.12 bits per heavy atom. The van der Waals surface area contributed by atoms with E-state index < -0.39 is 10.0 Å². The van der Waals surface area contributed by atoms with E-state index in [-0.39, 0.29) is 10.8 Å². The zero-order chi connectivity index (χ0) is 24.3. The maximum Gasteiger partial charge on any atom is 0.256 e. The Bertz CT molecular complexity index is 1250. The van der Waals surface area contributed by atoms with Crippen molar-refractivity contribution in [3.05, 3.63) is 71.6 Å². The van der Waals surface area contributed by atoms with Crippen molar-refractivity contribution in [2.45, 2.75) is 42.7 Å². The summed E-state index contributed by atoms with van der Waals surface area (Å²) in [5, 5.41) is 6.87. The van der Waals surface area contributed by atoms with Crippen molar-refractivity contribution in [2.75, 3.05) is 18.4 Å². The topological polar surface area (TPSA) is 92.5 Å². The lowest BCUT2D eigenvalue weighted by molar-refractivity contribution is 0.102. The lowest BCUT2D eigenvalue weighted by atomic mass is 9.94. The molecule has 1 fully saturated rings. The summed E-state index contributed by atoms with van der Waals surface area (Å²) < 4.78 is 32.9. The van der Waals surface area contributed by atoms with Gasteiger partial charge < -0.3 is 9.84 Å². The first-order valence-electron chi connectivity index (χ1n) is 11.3. The number of thioether (sulfide) groups is 1. The van der Waals surface area contributed by atoms with Gasteiger partial charge in [-0.05, 0) is 61.6 Å². The molecule has 2 heterocycles. The van der Waals surface area contributed by atoms with Crippen LogP contribution in [-0.4, -0.2) is 36.9 Å². The summed E-state index contributed by atoms with van der Waals surface area (Å²) in [5.74, 6) is 1.75. The van der Waals surface area contributed by atoms with Gasteiger partial charge in [-0.3, -0.25) is 4.79 Å². The van der Waals surface area contributed by atoms with Crippen LogP contribution in [0.4, 0.5) is 5.69 Å². The second kappa shape index (κ2) is 10.3. The highest BCUT2D eigenvalue weighted by molar-refractivity contribution is 7.98. The van der Waals surface area contributed by atoms with Crippen molar-refractivity contribution in [3.63, 3.8) is 0 Å². The molecule has 0 aliphatic carbocycles. The summed E-state index contributed by atoms with van der Waals surface area (Å²) in [5.41, 5.74) is 1.89. The van der Waals surface area contributed by atoms with E-state index >= 15 is 0 Å². The highest BCUT2D eigenvalue weighted by Gasteiger charge is 2.31. The van der Waals surface area contributed by atoms with Crippen LogP contribution < -0.4 is 5.32 Å². The molecule has 1 aliphatic rings. The fourth-order valence-electron chi connectivity index (χ4n) is 4.28. The molecule has 1 saturated heterocycles. The van der Waals surface area contributed by atoms with Gasteiger partial charge in [-0.15, -0.1) is 11.8 Å². The number of hydrogen-bond acceptors (Lipinski definition) is 6. The molecule has 1 N–H and O–H groups in total. The fraction of sp³-hybridized carbons (Fsp3) is 0.360. The number of nitrogens with one attached hydrogen (secondary N) is 1. The fourth-order valence-corrected chi connectivity index (χ4v) is 6.89. The van der Waals surface area contributed by atoms with E-state index in [1.54, 1.807) is 34.6 Å². The minimum absolute atomic E-state index is 0.241. The zero-order valence-electron chi connectivity index (χ0n) is 19.5. The number of benzene rings is 2. The van der Waals surface area contributed by atoms with Gasteiger partial charge in [0.2, 0.25) is 10.0 Å². The third-order valence-corrected chi connectivity index (χ3v) is 8.72. The van der Waals surface area contributed by atoms with E-state index in [0.717, 1.165) is 22.8 Å². The van der Waals surface area contributed by atoms with Gasteiger partial charge in [0.25, 0.3) is 5.91 Å². The molecule has 4 rings (SSSR count). The van der Waals surface area contributed by atoms with E-state index in [9.17, 15) is 13.2 Å². The number of carbonyl (C=O) groups excluding carboxylic acids is 1. The molecular formula is C25H29N3O4S2. The predicted molar refractivity (Wildman–Crippen MR) is 133 cm³/mol. The molecule has 34 heavy (non-hydrogen) atoms. The number of sulfonamides is 1. The number of hydrogen-bond donors (Lipinski definition) is 1. The smallest absolute Gasteiger partial charge is 0.256 e. The molecule has 0 spiro atoms.